The standard InChI is InChI=1S/C31H37ClN2O4/c1-20(38-27-11-9-8-10-25(27)32)29(36)34-23-15-13-22(14-16-23)33-28(35)19-37-26-17-12-21(30(2,3)4)18-24(26)31(5,6)7/h8-18,20H,19H2,1-7H3,(H,33,35)(H,34,36). The summed E-state index contributed by atoms with van der Waals surface area (Å²) in [6, 6.07) is 20.0. The summed E-state index contributed by atoms with van der Waals surface area (Å²) in [7, 11) is 0. The SMILES string of the molecule is CC(Oc1ccccc1Cl)C(=O)Nc1ccc(NC(=O)COc2ccc(C(C)(C)C)cc2C(C)(C)C)cc1. The number of ether oxygens (including phenoxy) is 2. The van der Waals surface area contributed by atoms with Gasteiger partial charge in [-0.3, -0.25) is 9.59 Å². The van der Waals surface area contributed by atoms with Crippen molar-refractivity contribution in [3.05, 3.63) is 82.9 Å². The van der Waals surface area contributed by atoms with Gasteiger partial charge < -0.3 is 20.1 Å². The third-order valence-electron chi connectivity index (χ3n) is 5.96. The molecule has 1 unspecified atom stereocenters. The predicted octanol–water partition coefficient (Wildman–Crippen LogP) is 7.36. The van der Waals surface area contributed by atoms with Gasteiger partial charge in [0.25, 0.3) is 11.8 Å². The van der Waals surface area contributed by atoms with Crippen molar-refractivity contribution >= 4 is 34.8 Å². The Morgan fingerprint density at radius 3 is 2.00 bits per heavy atom. The molecule has 202 valence electrons. The van der Waals surface area contributed by atoms with Gasteiger partial charge in [0.15, 0.2) is 12.7 Å². The lowest BCUT2D eigenvalue weighted by molar-refractivity contribution is -0.122. The Bertz CT molecular complexity index is 1270. The highest BCUT2D eigenvalue weighted by Crippen LogP contribution is 2.35. The molecule has 3 rings (SSSR count). The quantitative estimate of drug-likeness (QED) is 0.315. The number of hydrogen-bond acceptors (Lipinski definition) is 4. The Labute approximate surface area is 230 Å². The Balaban J connectivity index is 1.56. The Kier molecular flexibility index (Phi) is 9.10. The zero-order valence-corrected chi connectivity index (χ0v) is 23.9. The lowest BCUT2D eigenvalue weighted by Crippen LogP contribution is -2.30. The molecule has 0 radical (unpaired) electrons. The number of amides is 2. The Hall–Kier alpha value is -3.51. The van der Waals surface area contributed by atoms with Gasteiger partial charge >= 0.3 is 0 Å². The monoisotopic (exact) mass is 536 g/mol. The largest absolute Gasteiger partial charge is 0.483 e. The van der Waals surface area contributed by atoms with Gasteiger partial charge in [0.2, 0.25) is 0 Å². The molecule has 0 aliphatic carbocycles. The van der Waals surface area contributed by atoms with E-state index in [-0.39, 0.29) is 29.3 Å². The van der Waals surface area contributed by atoms with E-state index in [0.29, 0.717) is 27.9 Å². The van der Waals surface area contributed by atoms with Gasteiger partial charge in [0.05, 0.1) is 5.02 Å². The van der Waals surface area contributed by atoms with Gasteiger partial charge in [-0.05, 0) is 71.3 Å². The second-order valence-corrected chi connectivity index (χ2v) is 11.7. The number of nitrogens with one attached hydrogen (secondary N) is 2. The van der Waals surface area contributed by atoms with Crippen LogP contribution < -0.4 is 20.1 Å². The number of carbonyl (C=O) groups is 2. The van der Waals surface area contributed by atoms with Gasteiger partial charge in [-0.25, -0.2) is 0 Å². The molecule has 3 aromatic carbocycles. The first-order valence-corrected chi connectivity index (χ1v) is 13.0. The summed E-state index contributed by atoms with van der Waals surface area (Å²) in [5.74, 6) is 0.550. The molecule has 3 aromatic rings. The van der Waals surface area contributed by atoms with E-state index in [2.05, 4.69) is 64.3 Å². The van der Waals surface area contributed by atoms with Crippen molar-refractivity contribution in [3.8, 4) is 11.5 Å². The van der Waals surface area contributed by atoms with E-state index < -0.39 is 6.10 Å². The van der Waals surface area contributed by atoms with Crippen molar-refractivity contribution in [2.45, 2.75) is 65.4 Å². The highest BCUT2D eigenvalue weighted by Gasteiger charge is 2.23. The van der Waals surface area contributed by atoms with Crippen LogP contribution in [-0.4, -0.2) is 24.5 Å². The molecule has 1 atom stereocenters. The molecule has 0 spiro atoms. The molecule has 0 aliphatic rings. The molecule has 0 heterocycles. The second-order valence-electron chi connectivity index (χ2n) is 11.3. The Morgan fingerprint density at radius 2 is 1.42 bits per heavy atom. The van der Waals surface area contributed by atoms with Crippen LogP contribution in [0.5, 0.6) is 11.5 Å². The molecular weight excluding hydrogens is 500 g/mol. The molecule has 0 fully saturated rings. The van der Waals surface area contributed by atoms with Crippen LogP contribution in [0.4, 0.5) is 11.4 Å². The van der Waals surface area contributed by atoms with Crippen LogP contribution >= 0.6 is 11.6 Å². The topological polar surface area (TPSA) is 76.7 Å². The van der Waals surface area contributed by atoms with E-state index in [0.717, 1.165) is 5.56 Å². The second kappa shape index (κ2) is 11.9. The van der Waals surface area contributed by atoms with Gasteiger partial charge in [0, 0.05) is 11.4 Å². The highest BCUT2D eigenvalue weighted by molar-refractivity contribution is 6.32. The van der Waals surface area contributed by atoms with E-state index in [1.165, 1.54) is 5.56 Å². The van der Waals surface area contributed by atoms with Crippen molar-refractivity contribution in [1.82, 2.24) is 0 Å². The molecule has 6 nitrogen and oxygen atoms in total. The van der Waals surface area contributed by atoms with E-state index >= 15 is 0 Å². The summed E-state index contributed by atoms with van der Waals surface area (Å²) in [5.41, 5.74) is 3.33. The minimum absolute atomic E-state index is 0.0161. The average Bonchev–Trinajstić information content (AvgIpc) is 2.84. The zero-order chi connectivity index (χ0) is 28.1. The molecule has 0 saturated carbocycles. The van der Waals surface area contributed by atoms with E-state index in [1.54, 1.807) is 55.5 Å². The van der Waals surface area contributed by atoms with Gasteiger partial charge in [-0.15, -0.1) is 0 Å². The number of para-hydroxylation sites is 1. The molecule has 7 heteroatoms. The molecule has 38 heavy (non-hydrogen) atoms. The number of hydrogen-bond donors (Lipinski definition) is 2. The zero-order valence-electron chi connectivity index (χ0n) is 23.1. The first kappa shape index (κ1) is 29.1. The summed E-state index contributed by atoms with van der Waals surface area (Å²) >= 11 is 6.10. The van der Waals surface area contributed by atoms with E-state index in [9.17, 15) is 9.59 Å². The van der Waals surface area contributed by atoms with Crippen LogP contribution in [0.3, 0.4) is 0 Å². The van der Waals surface area contributed by atoms with Gasteiger partial charge in [-0.1, -0.05) is 77.4 Å². The molecular formula is C31H37ClN2O4. The summed E-state index contributed by atoms with van der Waals surface area (Å²) in [5, 5.41) is 6.07. The average molecular weight is 537 g/mol. The minimum atomic E-state index is -0.748. The van der Waals surface area contributed by atoms with Crippen LogP contribution in [0.15, 0.2) is 66.7 Å². The third kappa shape index (κ3) is 7.99. The number of benzene rings is 3. The van der Waals surface area contributed by atoms with Crippen LogP contribution in [0, 0.1) is 0 Å². The number of halogens is 1. The van der Waals surface area contributed by atoms with Crippen molar-refractivity contribution in [1.29, 1.82) is 0 Å². The molecule has 0 aromatic heterocycles. The third-order valence-corrected chi connectivity index (χ3v) is 6.27. The van der Waals surface area contributed by atoms with Gasteiger partial charge in [-0.2, -0.15) is 0 Å². The number of rotatable bonds is 8. The fourth-order valence-corrected chi connectivity index (χ4v) is 3.89. The van der Waals surface area contributed by atoms with Crippen LogP contribution in [0.25, 0.3) is 0 Å². The highest BCUT2D eigenvalue weighted by atomic mass is 35.5. The summed E-state index contributed by atoms with van der Waals surface area (Å²) in [4.78, 5) is 25.1. The molecule has 0 bridgehead atoms. The normalized spacial score (nSPS) is 12.4. The summed E-state index contributed by atoms with van der Waals surface area (Å²) in [6.45, 7) is 14.4. The van der Waals surface area contributed by atoms with Gasteiger partial charge in [0.1, 0.15) is 11.5 Å². The van der Waals surface area contributed by atoms with Crippen molar-refractivity contribution < 1.29 is 19.1 Å². The maximum atomic E-state index is 12.6. The number of anilines is 2. The lowest BCUT2D eigenvalue weighted by Gasteiger charge is -2.27. The summed E-state index contributed by atoms with van der Waals surface area (Å²) in [6.07, 6.45) is -0.748. The molecule has 0 saturated heterocycles. The minimum Gasteiger partial charge on any atom is -0.483 e. The molecule has 0 aliphatic heterocycles. The van der Waals surface area contributed by atoms with Crippen molar-refractivity contribution in [3.63, 3.8) is 0 Å². The maximum absolute atomic E-state index is 12.6. The fraction of sp³-hybridized carbons (Fsp3) is 0.355. The van der Waals surface area contributed by atoms with Crippen LogP contribution in [0.2, 0.25) is 5.02 Å². The fourth-order valence-electron chi connectivity index (χ4n) is 3.71. The smallest absolute Gasteiger partial charge is 0.265 e. The van der Waals surface area contributed by atoms with Crippen LogP contribution in [-0.2, 0) is 20.4 Å². The van der Waals surface area contributed by atoms with Crippen molar-refractivity contribution in [2.75, 3.05) is 17.2 Å². The van der Waals surface area contributed by atoms with Crippen molar-refractivity contribution in [2.24, 2.45) is 0 Å². The van der Waals surface area contributed by atoms with E-state index in [1.807, 2.05) is 6.07 Å². The van der Waals surface area contributed by atoms with E-state index in [4.69, 9.17) is 21.1 Å². The number of carbonyl (C=O) groups excluding carboxylic acids is 2. The lowest BCUT2D eigenvalue weighted by atomic mass is 9.80. The molecule has 2 N–H and O–H groups in total. The Morgan fingerprint density at radius 1 is 0.816 bits per heavy atom. The molecule has 2 amide bonds. The predicted molar refractivity (Wildman–Crippen MR) is 155 cm³/mol. The van der Waals surface area contributed by atoms with Crippen LogP contribution in [0.1, 0.15) is 59.6 Å². The summed E-state index contributed by atoms with van der Waals surface area (Å²) < 4.78 is 11.6. The first-order valence-electron chi connectivity index (χ1n) is 12.6. The first-order chi connectivity index (χ1) is 17.7. The maximum Gasteiger partial charge on any atom is 0.265 e.